The van der Waals surface area contributed by atoms with Crippen molar-refractivity contribution in [2.75, 3.05) is 29.4 Å². The summed E-state index contributed by atoms with van der Waals surface area (Å²) in [5.74, 6) is 1.04. The molecule has 26 heavy (non-hydrogen) atoms. The fourth-order valence-corrected chi connectivity index (χ4v) is 4.04. The highest BCUT2D eigenvalue weighted by molar-refractivity contribution is 5.95. The molecule has 0 radical (unpaired) electrons. The van der Waals surface area contributed by atoms with Gasteiger partial charge < -0.3 is 9.80 Å². The van der Waals surface area contributed by atoms with Crippen LogP contribution in [0.15, 0.2) is 24.3 Å². The van der Waals surface area contributed by atoms with Gasteiger partial charge >= 0.3 is 0 Å². The SMILES string of the molecule is CC1(C)CCCN(c2nnnn2Cc2cccc(N3CCCC3=O)c2)C1. The Morgan fingerprint density at radius 2 is 2.08 bits per heavy atom. The summed E-state index contributed by atoms with van der Waals surface area (Å²) < 4.78 is 1.87. The minimum Gasteiger partial charge on any atom is -0.339 e. The second kappa shape index (κ2) is 6.70. The van der Waals surface area contributed by atoms with Crippen molar-refractivity contribution in [3.8, 4) is 0 Å². The minimum atomic E-state index is 0.209. The van der Waals surface area contributed by atoms with E-state index in [1.54, 1.807) is 0 Å². The lowest BCUT2D eigenvalue weighted by Crippen LogP contribution is -2.41. The highest BCUT2D eigenvalue weighted by atomic mass is 16.2. The fourth-order valence-electron chi connectivity index (χ4n) is 4.04. The maximum atomic E-state index is 12.0. The van der Waals surface area contributed by atoms with Crippen molar-refractivity contribution in [1.29, 1.82) is 0 Å². The molecule has 2 saturated heterocycles. The number of amides is 1. The summed E-state index contributed by atoms with van der Waals surface area (Å²) in [5, 5.41) is 12.4. The molecule has 2 aromatic rings. The van der Waals surface area contributed by atoms with Crippen molar-refractivity contribution in [3.05, 3.63) is 29.8 Å². The maximum absolute atomic E-state index is 12.0. The van der Waals surface area contributed by atoms with Gasteiger partial charge in [-0.15, -0.1) is 0 Å². The molecule has 0 unspecified atom stereocenters. The fraction of sp³-hybridized carbons (Fsp3) is 0.579. The summed E-state index contributed by atoms with van der Waals surface area (Å²) in [6.07, 6.45) is 3.97. The average molecular weight is 354 g/mol. The van der Waals surface area contributed by atoms with Gasteiger partial charge in [-0.05, 0) is 52.8 Å². The summed E-state index contributed by atoms with van der Waals surface area (Å²) in [5.41, 5.74) is 2.36. The Balaban J connectivity index is 1.54. The van der Waals surface area contributed by atoms with E-state index in [-0.39, 0.29) is 11.3 Å². The normalized spacial score (nSPS) is 20.0. The number of aromatic nitrogens is 4. The third kappa shape index (κ3) is 3.43. The van der Waals surface area contributed by atoms with Gasteiger partial charge in [0.05, 0.1) is 6.54 Å². The zero-order chi connectivity index (χ0) is 18.1. The van der Waals surface area contributed by atoms with Crippen LogP contribution in [0.25, 0.3) is 0 Å². The molecule has 2 aliphatic heterocycles. The molecule has 1 aromatic carbocycles. The molecular weight excluding hydrogens is 328 g/mol. The van der Waals surface area contributed by atoms with Crippen molar-refractivity contribution in [2.24, 2.45) is 5.41 Å². The molecule has 4 rings (SSSR count). The van der Waals surface area contributed by atoms with Crippen molar-refractivity contribution in [3.63, 3.8) is 0 Å². The van der Waals surface area contributed by atoms with Crippen molar-refractivity contribution in [2.45, 2.75) is 46.1 Å². The van der Waals surface area contributed by atoms with Crippen LogP contribution in [0.5, 0.6) is 0 Å². The number of nitrogens with zero attached hydrogens (tertiary/aromatic N) is 6. The molecule has 2 fully saturated rings. The number of piperidine rings is 1. The number of tetrazole rings is 1. The Labute approximate surface area is 154 Å². The molecule has 0 atom stereocenters. The Morgan fingerprint density at radius 3 is 2.85 bits per heavy atom. The first kappa shape index (κ1) is 17.0. The van der Waals surface area contributed by atoms with Gasteiger partial charge in [-0.1, -0.05) is 31.1 Å². The highest BCUT2D eigenvalue weighted by Gasteiger charge is 2.29. The third-order valence-corrected chi connectivity index (χ3v) is 5.32. The first-order valence-electron chi connectivity index (χ1n) is 9.42. The molecule has 0 bridgehead atoms. The lowest BCUT2D eigenvalue weighted by molar-refractivity contribution is -0.117. The van der Waals surface area contributed by atoms with Gasteiger partial charge in [-0.2, -0.15) is 0 Å². The van der Waals surface area contributed by atoms with Gasteiger partial charge in [0.1, 0.15) is 0 Å². The Hall–Kier alpha value is -2.44. The topological polar surface area (TPSA) is 67.2 Å². The van der Waals surface area contributed by atoms with Crippen LogP contribution < -0.4 is 9.80 Å². The third-order valence-electron chi connectivity index (χ3n) is 5.32. The predicted molar refractivity (Wildman–Crippen MR) is 100 cm³/mol. The molecule has 7 heteroatoms. The van der Waals surface area contributed by atoms with Crippen molar-refractivity contribution < 1.29 is 4.79 Å². The molecule has 3 heterocycles. The van der Waals surface area contributed by atoms with Crippen LogP contribution in [0.4, 0.5) is 11.6 Å². The van der Waals surface area contributed by atoms with Crippen LogP contribution in [-0.4, -0.2) is 45.7 Å². The molecule has 7 nitrogen and oxygen atoms in total. The summed E-state index contributed by atoms with van der Waals surface area (Å²) in [4.78, 5) is 16.2. The van der Waals surface area contributed by atoms with Crippen LogP contribution in [0.3, 0.4) is 0 Å². The van der Waals surface area contributed by atoms with Crippen molar-refractivity contribution >= 4 is 17.5 Å². The van der Waals surface area contributed by atoms with Crippen LogP contribution in [0, 0.1) is 5.41 Å². The molecule has 0 spiro atoms. The lowest BCUT2D eigenvalue weighted by atomic mass is 9.84. The number of benzene rings is 1. The smallest absolute Gasteiger partial charge is 0.245 e. The van der Waals surface area contributed by atoms with E-state index in [4.69, 9.17) is 0 Å². The first-order valence-corrected chi connectivity index (χ1v) is 9.42. The molecule has 1 amide bonds. The Morgan fingerprint density at radius 1 is 1.19 bits per heavy atom. The van der Waals surface area contributed by atoms with E-state index in [0.717, 1.165) is 49.7 Å². The van der Waals surface area contributed by atoms with Gasteiger partial charge in [0.15, 0.2) is 0 Å². The van der Waals surface area contributed by atoms with Gasteiger partial charge in [-0.25, -0.2) is 4.68 Å². The minimum absolute atomic E-state index is 0.209. The number of hydrogen-bond donors (Lipinski definition) is 0. The zero-order valence-electron chi connectivity index (χ0n) is 15.6. The van der Waals surface area contributed by atoms with E-state index in [0.29, 0.717) is 13.0 Å². The molecule has 0 N–H and O–H groups in total. The maximum Gasteiger partial charge on any atom is 0.245 e. The monoisotopic (exact) mass is 354 g/mol. The van der Waals surface area contributed by atoms with E-state index in [1.165, 1.54) is 6.42 Å². The molecule has 2 aliphatic rings. The summed E-state index contributed by atoms with van der Waals surface area (Å²) in [7, 11) is 0. The highest BCUT2D eigenvalue weighted by Crippen LogP contribution is 2.30. The van der Waals surface area contributed by atoms with Gasteiger partial charge in [0.25, 0.3) is 0 Å². The van der Waals surface area contributed by atoms with Crippen molar-refractivity contribution in [1.82, 2.24) is 20.2 Å². The second-order valence-corrected chi connectivity index (χ2v) is 8.14. The van der Waals surface area contributed by atoms with E-state index in [1.807, 2.05) is 21.7 Å². The zero-order valence-corrected chi connectivity index (χ0v) is 15.6. The molecule has 0 aliphatic carbocycles. The van der Waals surface area contributed by atoms with Crippen LogP contribution >= 0.6 is 0 Å². The van der Waals surface area contributed by atoms with Gasteiger partial charge in [0, 0.05) is 31.7 Å². The lowest BCUT2D eigenvalue weighted by Gasteiger charge is -2.38. The standard InChI is InChI=1S/C19H26N6O/c1-19(2)9-5-10-23(14-19)18-20-21-22-25(18)13-15-6-3-7-16(12-15)24-11-4-8-17(24)26/h3,6-7,12H,4-5,8-11,13-14H2,1-2H3. The van der Waals surface area contributed by atoms with E-state index in [9.17, 15) is 4.79 Å². The average Bonchev–Trinajstić information content (AvgIpc) is 3.23. The molecule has 0 saturated carbocycles. The Bertz CT molecular complexity index is 799. The molecule has 1 aromatic heterocycles. The van der Waals surface area contributed by atoms with E-state index in [2.05, 4.69) is 46.4 Å². The summed E-state index contributed by atoms with van der Waals surface area (Å²) >= 11 is 0. The summed E-state index contributed by atoms with van der Waals surface area (Å²) in [6.45, 7) is 7.96. The van der Waals surface area contributed by atoms with Crippen LogP contribution in [-0.2, 0) is 11.3 Å². The first-order chi connectivity index (χ1) is 12.5. The van der Waals surface area contributed by atoms with Gasteiger partial charge in [-0.3, -0.25) is 4.79 Å². The predicted octanol–water partition coefficient (Wildman–Crippen LogP) is 2.47. The number of carbonyl (C=O) groups excluding carboxylic acids is 1. The summed E-state index contributed by atoms with van der Waals surface area (Å²) in [6, 6.07) is 8.15. The number of carbonyl (C=O) groups is 1. The molecule has 138 valence electrons. The largest absolute Gasteiger partial charge is 0.339 e. The quantitative estimate of drug-likeness (QED) is 0.844. The van der Waals surface area contributed by atoms with E-state index < -0.39 is 0 Å². The van der Waals surface area contributed by atoms with Crippen LogP contribution in [0.2, 0.25) is 0 Å². The second-order valence-electron chi connectivity index (χ2n) is 8.14. The number of hydrogen-bond acceptors (Lipinski definition) is 5. The van der Waals surface area contributed by atoms with Gasteiger partial charge in [0.2, 0.25) is 11.9 Å². The van der Waals surface area contributed by atoms with E-state index >= 15 is 0 Å². The molecular formula is C19H26N6O. The Kier molecular flexibility index (Phi) is 4.38. The number of anilines is 2. The number of rotatable bonds is 4. The van der Waals surface area contributed by atoms with Crippen LogP contribution in [0.1, 0.15) is 45.1 Å².